The van der Waals surface area contributed by atoms with Crippen molar-refractivity contribution in [1.82, 2.24) is 10.2 Å². The van der Waals surface area contributed by atoms with E-state index in [1.165, 1.54) is 6.92 Å². The first-order chi connectivity index (χ1) is 20.8. The number of aliphatic hydroxyl groups is 1. The van der Waals surface area contributed by atoms with Gasteiger partial charge in [0.1, 0.15) is 6.10 Å². The van der Waals surface area contributed by atoms with Gasteiger partial charge in [-0.05, 0) is 80.3 Å². The van der Waals surface area contributed by atoms with Gasteiger partial charge in [0.25, 0.3) is 0 Å². The van der Waals surface area contributed by atoms with E-state index in [2.05, 4.69) is 5.32 Å². The number of carbonyl (C=O) groups excluding carboxylic acids is 4. The highest BCUT2D eigenvalue weighted by Crippen LogP contribution is 2.39. The summed E-state index contributed by atoms with van der Waals surface area (Å²) in [4.78, 5) is 53.4. The van der Waals surface area contributed by atoms with Crippen LogP contribution in [0.2, 0.25) is 0 Å². The molecular weight excluding hydrogens is 588 g/mol. The van der Waals surface area contributed by atoms with Crippen LogP contribution in [0.15, 0.2) is 0 Å². The molecule has 0 aromatic carbocycles. The van der Waals surface area contributed by atoms with Gasteiger partial charge in [0, 0.05) is 13.0 Å². The minimum Gasteiger partial charge on any atom is -0.458 e. The van der Waals surface area contributed by atoms with Crippen molar-refractivity contribution in [2.75, 3.05) is 14.1 Å². The number of carbonyl (C=O) groups is 4. The van der Waals surface area contributed by atoms with E-state index < -0.39 is 89.7 Å². The van der Waals surface area contributed by atoms with E-state index >= 15 is 0 Å². The van der Waals surface area contributed by atoms with Crippen molar-refractivity contribution < 1.29 is 52.7 Å². The lowest BCUT2D eigenvalue weighted by Crippen LogP contribution is -2.59. The predicted molar refractivity (Wildman–Crippen MR) is 162 cm³/mol. The van der Waals surface area contributed by atoms with E-state index in [1.807, 2.05) is 32.8 Å². The zero-order chi connectivity index (χ0) is 34.0. The number of nitrogens with one attached hydrogen (secondary N) is 1. The van der Waals surface area contributed by atoms with Gasteiger partial charge in [0.2, 0.25) is 5.91 Å². The summed E-state index contributed by atoms with van der Waals surface area (Å²) in [6.45, 7) is 15.2. The predicted octanol–water partition coefficient (Wildman–Crippen LogP) is 2.94. The fourth-order valence-corrected chi connectivity index (χ4v) is 7.26. The van der Waals surface area contributed by atoms with Crippen LogP contribution in [-0.4, -0.2) is 108 Å². The molecule has 3 saturated heterocycles. The lowest BCUT2D eigenvalue weighted by Gasteiger charge is -2.46. The largest absolute Gasteiger partial charge is 0.509 e. The summed E-state index contributed by atoms with van der Waals surface area (Å²) >= 11 is 0. The molecular formula is C32H54N2O11. The summed E-state index contributed by atoms with van der Waals surface area (Å²) in [6, 6.07) is -0.744. The zero-order valence-corrected chi connectivity index (χ0v) is 28.7. The second-order valence-electron chi connectivity index (χ2n) is 14.0. The van der Waals surface area contributed by atoms with E-state index in [4.69, 9.17) is 28.4 Å². The van der Waals surface area contributed by atoms with E-state index in [-0.39, 0.29) is 25.0 Å². The molecule has 0 aliphatic carbocycles. The van der Waals surface area contributed by atoms with Crippen LogP contribution in [0.4, 0.5) is 4.79 Å². The maximum Gasteiger partial charge on any atom is 0.509 e. The van der Waals surface area contributed by atoms with Crippen LogP contribution in [0, 0.1) is 17.8 Å². The van der Waals surface area contributed by atoms with Crippen molar-refractivity contribution in [3.05, 3.63) is 0 Å². The number of nitrogens with zero attached hydrogens (tertiary/aromatic N) is 1. The molecule has 0 saturated carbocycles. The van der Waals surface area contributed by atoms with Crippen molar-refractivity contribution in [2.24, 2.45) is 17.8 Å². The van der Waals surface area contributed by atoms with Crippen molar-refractivity contribution in [2.45, 2.75) is 148 Å². The smallest absolute Gasteiger partial charge is 0.458 e. The van der Waals surface area contributed by atoms with Crippen LogP contribution < -0.4 is 5.32 Å². The highest BCUT2D eigenvalue weighted by molar-refractivity contribution is 5.80. The second-order valence-corrected chi connectivity index (χ2v) is 14.0. The molecule has 0 aromatic rings. The summed E-state index contributed by atoms with van der Waals surface area (Å²) in [5, 5.41) is 15.0. The molecule has 2 N–H and O–H groups in total. The molecule has 3 aliphatic heterocycles. The van der Waals surface area contributed by atoms with E-state index in [0.29, 0.717) is 12.8 Å². The Morgan fingerprint density at radius 2 is 1.71 bits per heavy atom. The molecule has 3 rings (SSSR count). The molecule has 45 heavy (non-hydrogen) atoms. The molecule has 0 aromatic heterocycles. The number of hydrogen-bond donors (Lipinski definition) is 2. The van der Waals surface area contributed by atoms with Crippen LogP contribution in [0.1, 0.15) is 88.0 Å². The molecule has 3 aliphatic rings. The van der Waals surface area contributed by atoms with Crippen molar-refractivity contribution in [3.8, 4) is 0 Å². The van der Waals surface area contributed by atoms with Gasteiger partial charge >= 0.3 is 18.1 Å². The van der Waals surface area contributed by atoms with Crippen molar-refractivity contribution >= 4 is 24.0 Å². The van der Waals surface area contributed by atoms with Gasteiger partial charge in [-0.15, -0.1) is 0 Å². The first-order valence-corrected chi connectivity index (χ1v) is 16.1. The standard InChI is InChI=1S/C32H54N2O11/c1-12-23-32(9)26(44-30(38)45-32)20(6)27(36)33-18(4)15-31(8,39)25(16(2)13-17(3)28(37)42-23)43-29-24(41-21(7)35)22(34(10)11)14-19(5)40-29/h16-20,22-26,29,39H,12-15H2,1-11H3,(H,33,36)/t16-,17+,18+,19+,20+,22-,23+,24+,25+,26+,29-,31+,32+/m0/s1. The molecule has 1 amide bonds. The molecule has 13 nitrogen and oxygen atoms in total. The van der Waals surface area contributed by atoms with Gasteiger partial charge in [0.15, 0.2) is 24.1 Å². The molecule has 0 spiro atoms. The molecule has 0 unspecified atom stereocenters. The summed E-state index contributed by atoms with van der Waals surface area (Å²) in [5.74, 6) is -3.36. The molecule has 0 bridgehead atoms. The number of rotatable bonds is 5. The van der Waals surface area contributed by atoms with E-state index in [0.717, 1.165) is 0 Å². The number of likely N-dealkylation sites (N-methyl/N-ethyl adjacent to an activating group) is 1. The molecule has 13 atom stereocenters. The fraction of sp³-hybridized carbons (Fsp3) is 0.875. The number of ether oxygens (including phenoxy) is 6. The maximum atomic E-state index is 13.5. The lowest BCUT2D eigenvalue weighted by atomic mass is 9.80. The Bertz CT molecular complexity index is 1080. The molecule has 13 heteroatoms. The third kappa shape index (κ3) is 8.47. The van der Waals surface area contributed by atoms with E-state index in [9.17, 15) is 24.3 Å². The Labute approximate surface area is 266 Å². The summed E-state index contributed by atoms with van der Waals surface area (Å²) in [6.07, 6.45) is -4.49. The van der Waals surface area contributed by atoms with Crippen LogP contribution in [0.25, 0.3) is 0 Å². The summed E-state index contributed by atoms with van der Waals surface area (Å²) < 4.78 is 35.5. The highest BCUT2D eigenvalue weighted by atomic mass is 16.8. The van der Waals surface area contributed by atoms with Gasteiger partial charge < -0.3 is 43.7 Å². The molecule has 3 heterocycles. The Kier molecular flexibility index (Phi) is 11.9. The number of hydrogen-bond acceptors (Lipinski definition) is 12. The van der Waals surface area contributed by atoms with Gasteiger partial charge in [-0.25, -0.2) is 4.79 Å². The third-order valence-electron chi connectivity index (χ3n) is 9.43. The lowest BCUT2D eigenvalue weighted by molar-refractivity contribution is -0.297. The van der Waals surface area contributed by atoms with Crippen molar-refractivity contribution in [1.29, 1.82) is 0 Å². The van der Waals surface area contributed by atoms with Gasteiger partial charge in [-0.2, -0.15) is 0 Å². The first kappa shape index (κ1) is 37.0. The average molecular weight is 643 g/mol. The zero-order valence-electron chi connectivity index (χ0n) is 28.7. The summed E-state index contributed by atoms with van der Waals surface area (Å²) in [7, 11) is 3.78. The highest BCUT2D eigenvalue weighted by Gasteiger charge is 2.58. The monoisotopic (exact) mass is 642 g/mol. The van der Waals surface area contributed by atoms with Gasteiger partial charge in [-0.1, -0.05) is 20.8 Å². The van der Waals surface area contributed by atoms with Crippen LogP contribution in [0.5, 0.6) is 0 Å². The maximum absolute atomic E-state index is 13.5. The Balaban J connectivity index is 2.01. The number of fused-ring (bicyclic) bond motifs is 1. The fourth-order valence-electron chi connectivity index (χ4n) is 7.26. The molecule has 0 radical (unpaired) electrons. The minimum absolute atomic E-state index is 0.0761. The van der Waals surface area contributed by atoms with E-state index in [1.54, 1.807) is 41.5 Å². The second kappa shape index (κ2) is 14.5. The minimum atomic E-state index is -1.54. The topological polar surface area (TPSA) is 159 Å². The van der Waals surface area contributed by atoms with Crippen LogP contribution in [-0.2, 0) is 42.8 Å². The third-order valence-corrected chi connectivity index (χ3v) is 9.43. The Morgan fingerprint density at radius 3 is 2.29 bits per heavy atom. The number of amides is 1. The first-order valence-electron chi connectivity index (χ1n) is 16.1. The Morgan fingerprint density at radius 1 is 1.07 bits per heavy atom. The van der Waals surface area contributed by atoms with Crippen molar-refractivity contribution in [3.63, 3.8) is 0 Å². The van der Waals surface area contributed by atoms with Gasteiger partial charge in [-0.3, -0.25) is 14.4 Å². The number of cyclic esters (lactones) is 1. The SMILES string of the molecule is CC[C@H]1OC(=O)[C@H](C)C[C@H](C)[C@@H](O[C@@H]2O[C@H](C)C[C@H](N(C)C)[C@H]2OC(C)=O)[C@](C)(O)C[C@@H](C)NC(=O)[C@H](C)[C@H]2OC(=O)O[C@@]21C. The Hall–Kier alpha value is -2.48. The van der Waals surface area contributed by atoms with Crippen LogP contribution in [0.3, 0.4) is 0 Å². The molecule has 3 fully saturated rings. The average Bonchev–Trinajstić information content (AvgIpc) is 3.23. The quantitative estimate of drug-likeness (QED) is 0.334. The van der Waals surface area contributed by atoms with Gasteiger partial charge in [0.05, 0.1) is 35.7 Å². The summed E-state index contributed by atoms with van der Waals surface area (Å²) in [5.41, 5.74) is -2.94. The van der Waals surface area contributed by atoms with Crippen LogP contribution >= 0.6 is 0 Å². The molecule has 258 valence electrons. The normalized spacial score (nSPS) is 43.6. The number of esters is 2.